The summed E-state index contributed by atoms with van der Waals surface area (Å²) in [5, 5.41) is 7.23. The quantitative estimate of drug-likeness (QED) is 0.367. The molecule has 38 heavy (non-hydrogen) atoms. The molecule has 0 bridgehead atoms. The van der Waals surface area contributed by atoms with Gasteiger partial charge in [0.05, 0.1) is 24.7 Å². The number of hydrogen-bond acceptors (Lipinski definition) is 6. The zero-order chi connectivity index (χ0) is 26.7. The molecule has 2 amide bonds. The molecule has 1 aromatic carbocycles. The molecular formula is C30H36N4O3S. The molecule has 2 heterocycles. The first-order valence-corrected chi connectivity index (χ1v) is 14.3. The van der Waals surface area contributed by atoms with Crippen LogP contribution >= 0.6 is 11.3 Å². The van der Waals surface area contributed by atoms with Crippen LogP contribution in [-0.4, -0.2) is 42.1 Å². The minimum absolute atomic E-state index is 0.00122. The largest absolute Gasteiger partial charge is 0.453 e. The lowest BCUT2D eigenvalue weighted by atomic mass is 9.72. The molecule has 2 aliphatic rings. The minimum atomic E-state index is -0.304. The number of anilines is 1. The topological polar surface area (TPSA) is 97.5 Å². The van der Waals surface area contributed by atoms with Crippen molar-refractivity contribution in [3.8, 4) is 22.4 Å². The highest BCUT2D eigenvalue weighted by Gasteiger charge is 2.34. The van der Waals surface area contributed by atoms with Crippen LogP contribution in [0, 0.1) is 5.92 Å². The lowest BCUT2D eigenvalue weighted by Crippen LogP contribution is -2.43. The van der Waals surface area contributed by atoms with Crippen molar-refractivity contribution in [2.24, 2.45) is 11.7 Å². The van der Waals surface area contributed by atoms with E-state index in [1.807, 2.05) is 6.07 Å². The first-order valence-electron chi connectivity index (χ1n) is 13.4. The third-order valence-corrected chi connectivity index (χ3v) is 8.97. The fourth-order valence-corrected chi connectivity index (χ4v) is 6.37. The minimum Gasteiger partial charge on any atom is -0.453 e. The number of rotatable bonds is 7. The molecule has 2 fully saturated rings. The van der Waals surface area contributed by atoms with Crippen LogP contribution in [0.25, 0.3) is 22.4 Å². The van der Waals surface area contributed by atoms with Crippen LogP contribution in [-0.2, 0) is 15.1 Å². The Balaban J connectivity index is 1.26. The van der Waals surface area contributed by atoms with Crippen LogP contribution < -0.4 is 11.1 Å². The predicted molar refractivity (Wildman–Crippen MR) is 152 cm³/mol. The van der Waals surface area contributed by atoms with Crippen molar-refractivity contribution in [2.45, 2.75) is 62.9 Å². The SMILES string of the molecule is COC(=O)N(C)C1CCC(CC(=O)Nc2cnc(-c3ccc(C4(N)CCC4)cc3)c(-c3ccsc3)c2)CC1. The molecule has 0 saturated heterocycles. The summed E-state index contributed by atoms with van der Waals surface area (Å²) < 4.78 is 4.83. The number of methoxy groups -OCH3 is 1. The summed E-state index contributed by atoms with van der Waals surface area (Å²) in [7, 11) is 3.18. The van der Waals surface area contributed by atoms with Crippen LogP contribution in [0.15, 0.2) is 53.4 Å². The summed E-state index contributed by atoms with van der Waals surface area (Å²) in [5.41, 5.74) is 12.2. The number of ether oxygens (including phenoxy) is 1. The molecule has 200 valence electrons. The van der Waals surface area contributed by atoms with E-state index >= 15 is 0 Å². The smallest absolute Gasteiger partial charge is 0.409 e. The summed E-state index contributed by atoms with van der Waals surface area (Å²) in [6, 6.07) is 12.7. The van der Waals surface area contributed by atoms with Gasteiger partial charge in [0.25, 0.3) is 0 Å². The summed E-state index contributed by atoms with van der Waals surface area (Å²) >= 11 is 1.64. The lowest BCUT2D eigenvalue weighted by Gasteiger charge is -2.38. The van der Waals surface area contributed by atoms with Gasteiger partial charge in [0.15, 0.2) is 0 Å². The Morgan fingerprint density at radius 3 is 2.47 bits per heavy atom. The van der Waals surface area contributed by atoms with Crippen molar-refractivity contribution in [2.75, 3.05) is 19.5 Å². The maximum Gasteiger partial charge on any atom is 0.409 e. The van der Waals surface area contributed by atoms with Crippen LogP contribution in [0.1, 0.15) is 56.9 Å². The standard InChI is InChI=1S/C30H36N4O3S/c1-34(29(36)37-2)25-10-4-20(5-11-25)16-27(35)33-24-17-26(22-12-15-38-19-22)28(32-18-24)21-6-8-23(9-7-21)30(31)13-3-14-30/h6-9,12,15,17-20,25H,3-5,10-11,13-14,16,31H2,1-2H3,(H,33,35). The zero-order valence-electron chi connectivity index (χ0n) is 22.1. The number of carbonyl (C=O) groups is 2. The van der Waals surface area contributed by atoms with E-state index in [4.69, 9.17) is 15.5 Å². The van der Waals surface area contributed by atoms with E-state index in [2.05, 4.69) is 46.4 Å². The second kappa shape index (κ2) is 11.3. The highest BCUT2D eigenvalue weighted by Crippen LogP contribution is 2.40. The number of benzene rings is 1. The van der Waals surface area contributed by atoms with Crippen molar-refractivity contribution < 1.29 is 14.3 Å². The fourth-order valence-electron chi connectivity index (χ4n) is 5.71. The second-order valence-corrected chi connectivity index (χ2v) is 11.5. The van der Waals surface area contributed by atoms with Gasteiger partial charge in [-0.15, -0.1) is 0 Å². The Hall–Kier alpha value is -3.23. The zero-order valence-corrected chi connectivity index (χ0v) is 22.9. The molecule has 2 aromatic heterocycles. The number of nitrogens with two attached hydrogens (primary N) is 1. The van der Waals surface area contributed by atoms with Crippen LogP contribution in [0.5, 0.6) is 0 Å². The normalized spacial score (nSPS) is 20.3. The van der Waals surface area contributed by atoms with Crippen LogP contribution in [0.3, 0.4) is 0 Å². The number of pyridine rings is 1. The second-order valence-electron chi connectivity index (χ2n) is 10.7. The number of amides is 2. The summed E-state index contributed by atoms with van der Waals surface area (Å²) in [6.07, 6.45) is 8.74. The highest BCUT2D eigenvalue weighted by molar-refractivity contribution is 7.08. The Morgan fingerprint density at radius 1 is 1.13 bits per heavy atom. The van der Waals surface area contributed by atoms with E-state index in [1.165, 1.54) is 19.1 Å². The molecule has 2 saturated carbocycles. The van der Waals surface area contributed by atoms with Gasteiger partial charge >= 0.3 is 6.09 Å². The van der Waals surface area contributed by atoms with Gasteiger partial charge < -0.3 is 20.7 Å². The van der Waals surface area contributed by atoms with E-state index in [0.717, 1.165) is 60.9 Å². The van der Waals surface area contributed by atoms with Crippen LogP contribution in [0.4, 0.5) is 10.5 Å². The predicted octanol–water partition coefficient (Wildman–Crippen LogP) is 6.40. The number of hydrogen-bond donors (Lipinski definition) is 2. The molecule has 0 radical (unpaired) electrons. The van der Waals surface area contributed by atoms with Crippen LogP contribution in [0.2, 0.25) is 0 Å². The molecule has 3 aromatic rings. The average molecular weight is 533 g/mol. The number of carbonyl (C=O) groups excluding carboxylic acids is 2. The molecule has 0 aliphatic heterocycles. The van der Waals surface area contributed by atoms with Gasteiger partial charge in [-0.3, -0.25) is 9.78 Å². The van der Waals surface area contributed by atoms with E-state index in [0.29, 0.717) is 18.0 Å². The van der Waals surface area contributed by atoms with Gasteiger partial charge in [0, 0.05) is 36.2 Å². The van der Waals surface area contributed by atoms with E-state index in [1.54, 1.807) is 29.5 Å². The molecule has 5 rings (SSSR count). The Morgan fingerprint density at radius 2 is 1.87 bits per heavy atom. The molecule has 7 nitrogen and oxygen atoms in total. The van der Waals surface area contributed by atoms with E-state index < -0.39 is 0 Å². The molecule has 0 unspecified atom stereocenters. The fraction of sp³-hybridized carbons (Fsp3) is 0.433. The molecule has 3 N–H and O–H groups in total. The van der Waals surface area contributed by atoms with Gasteiger partial charge in [0.2, 0.25) is 5.91 Å². The third-order valence-electron chi connectivity index (χ3n) is 8.28. The van der Waals surface area contributed by atoms with Crippen molar-refractivity contribution in [1.29, 1.82) is 0 Å². The average Bonchev–Trinajstić information content (AvgIpc) is 3.46. The maximum atomic E-state index is 12.9. The number of thiophene rings is 1. The van der Waals surface area contributed by atoms with E-state index in [-0.39, 0.29) is 23.6 Å². The number of nitrogens with zero attached hydrogens (tertiary/aromatic N) is 2. The van der Waals surface area contributed by atoms with Gasteiger partial charge in [-0.05, 0) is 84.9 Å². The van der Waals surface area contributed by atoms with Crippen molar-refractivity contribution >= 4 is 29.0 Å². The lowest BCUT2D eigenvalue weighted by molar-refractivity contribution is -0.117. The Labute approximate surface area is 228 Å². The Kier molecular flexibility index (Phi) is 7.81. The highest BCUT2D eigenvalue weighted by atomic mass is 32.1. The molecular weight excluding hydrogens is 496 g/mol. The van der Waals surface area contributed by atoms with Crippen molar-refractivity contribution in [1.82, 2.24) is 9.88 Å². The first kappa shape index (κ1) is 26.4. The molecule has 0 spiro atoms. The first-order chi connectivity index (χ1) is 18.4. The summed E-state index contributed by atoms with van der Waals surface area (Å²) in [5.74, 6) is 0.305. The maximum absolute atomic E-state index is 12.9. The van der Waals surface area contributed by atoms with Gasteiger partial charge in [-0.25, -0.2) is 4.79 Å². The third kappa shape index (κ3) is 5.61. The van der Waals surface area contributed by atoms with Crippen molar-refractivity contribution in [3.05, 3.63) is 58.9 Å². The van der Waals surface area contributed by atoms with Gasteiger partial charge in [-0.1, -0.05) is 24.3 Å². The number of nitrogens with one attached hydrogen (secondary N) is 1. The number of aromatic nitrogens is 1. The van der Waals surface area contributed by atoms with Gasteiger partial charge in [-0.2, -0.15) is 11.3 Å². The molecule has 8 heteroatoms. The molecule has 2 aliphatic carbocycles. The Bertz CT molecular complexity index is 1260. The summed E-state index contributed by atoms with van der Waals surface area (Å²) in [4.78, 5) is 31.2. The molecule has 0 atom stereocenters. The van der Waals surface area contributed by atoms with E-state index in [9.17, 15) is 9.59 Å². The van der Waals surface area contributed by atoms with Crippen molar-refractivity contribution in [3.63, 3.8) is 0 Å². The monoisotopic (exact) mass is 532 g/mol. The van der Waals surface area contributed by atoms with Gasteiger partial charge in [0.1, 0.15) is 0 Å². The summed E-state index contributed by atoms with van der Waals surface area (Å²) in [6.45, 7) is 0.